The summed E-state index contributed by atoms with van der Waals surface area (Å²) in [4.78, 5) is 20.6. The molecule has 7 nitrogen and oxygen atoms in total. The molecule has 1 aromatic carbocycles. The van der Waals surface area contributed by atoms with Gasteiger partial charge in [-0.25, -0.2) is 14.6 Å². The van der Waals surface area contributed by atoms with Crippen molar-refractivity contribution >= 4 is 21.8 Å². The summed E-state index contributed by atoms with van der Waals surface area (Å²) in [5.41, 5.74) is 4.05. The molecule has 1 N–H and O–H groups in total. The zero-order chi connectivity index (χ0) is 17.6. The van der Waals surface area contributed by atoms with Gasteiger partial charge >= 0.3 is 0 Å². The molecule has 0 saturated carbocycles. The van der Waals surface area contributed by atoms with Crippen molar-refractivity contribution in [2.75, 3.05) is 0 Å². The van der Waals surface area contributed by atoms with Crippen molar-refractivity contribution in [1.82, 2.24) is 29.6 Å². The van der Waals surface area contributed by atoms with Crippen LogP contribution in [-0.4, -0.2) is 30.2 Å². The summed E-state index contributed by atoms with van der Waals surface area (Å²) < 4.78 is 4.94. The number of aryl methyl sites for hydroxylation is 1. The summed E-state index contributed by atoms with van der Waals surface area (Å²) in [7, 11) is 0. The van der Waals surface area contributed by atoms with Crippen LogP contribution in [0.1, 0.15) is 30.6 Å². The van der Waals surface area contributed by atoms with Gasteiger partial charge in [0.2, 0.25) is 5.91 Å². The quantitative estimate of drug-likeness (QED) is 0.573. The van der Waals surface area contributed by atoms with Crippen molar-refractivity contribution in [3.63, 3.8) is 0 Å². The molecular formula is C17H17BrN6O. The predicted molar refractivity (Wildman–Crippen MR) is 96.3 cm³/mol. The van der Waals surface area contributed by atoms with E-state index in [-0.39, 0.29) is 5.91 Å². The monoisotopic (exact) mass is 400 g/mol. The zero-order valence-electron chi connectivity index (χ0n) is 14.0. The molecule has 0 bridgehead atoms. The van der Waals surface area contributed by atoms with E-state index in [2.05, 4.69) is 40.9 Å². The number of imidazole rings is 1. The first kappa shape index (κ1) is 16.0. The molecule has 1 amide bonds. The second-order valence-corrected chi connectivity index (χ2v) is 6.86. The molecule has 1 aliphatic rings. The Labute approximate surface area is 153 Å². The zero-order valence-corrected chi connectivity index (χ0v) is 15.5. The average Bonchev–Trinajstić information content (AvgIpc) is 3.14. The van der Waals surface area contributed by atoms with Gasteiger partial charge in [0.25, 0.3) is 0 Å². The highest BCUT2D eigenvalue weighted by molar-refractivity contribution is 9.10. The highest BCUT2D eigenvalue weighted by Gasteiger charge is 2.24. The Hall–Kier alpha value is -2.48. The Morgan fingerprint density at radius 2 is 2.24 bits per heavy atom. The molecule has 128 valence electrons. The minimum Gasteiger partial charge on any atom is -0.349 e. The number of benzene rings is 1. The van der Waals surface area contributed by atoms with Gasteiger partial charge in [-0.3, -0.25) is 4.79 Å². The second-order valence-electron chi connectivity index (χ2n) is 5.95. The van der Waals surface area contributed by atoms with Gasteiger partial charge < -0.3 is 9.88 Å². The number of nitrogens with one attached hydrogen (secondary N) is 1. The van der Waals surface area contributed by atoms with E-state index in [1.807, 2.05) is 43.1 Å². The summed E-state index contributed by atoms with van der Waals surface area (Å²) in [5.74, 6) is 1.38. The van der Waals surface area contributed by atoms with Crippen molar-refractivity contribution in [2.45, 2.75) is 33.4 Å². The average molecular weight is 401 g/mol. The van der Waals surface area contributed by atoms with E-state index < -0.39 is 0 Å². The van der Waals surface area contributed by atoms with Crippen LogP contribution in [0.2, 0.25) is 0 Å². The number of amides is 1. The Kier molecular flexibility index (Phi) is 3.91. The molecule has 3 heterocycles. The molecule has 0 atom stereocenters. The smallest absolute Gasteiger partial charge is 0.220 e. The van der Waals surface area contributed by atoms with E-state index in [4.69, 9.17) is 0 Å². The summed E-state index contributed by atoms with van der Waals surface area (Å²) in [5, 5.41) is 7.43. The van der Waals surface area contributed by atoms with Crippen LogP contribution in [0.25, 0.3) is 17.1 Å². The molecule has 1 aliphatic heterocycles. The van der Waals surface area contributed by atoms with Gasteiger partial charge in [0, 0.05) is 16.5 Å². The van der Waals surface area contributed by atoms with Gasteiger partial charge in [-0.1, -0.05) is 22.9 Å². The lowest BCUT2D eigenvalue weighted by molar-refractivity contribution is -0.120. The first-order chi connectivity index (χ1) is 12.1. The lowest BCUT2D eigenvalue weighted by Gasteiger charge is -2.08. The predicted octanol–water partition coefficient (Wildman–Crippen LogP) is 2.59. The number of nitrogens with zero attached hydrogens (tertiary/aromatic N) is 5. The van der Waals surface area contributed by atoms with Crippen LogP contribution in [0.4, 0.5) is 0 Å². The van der Waals surface area contributed by atoms with E-state index in [1.54, 1.807) is 0 Å². The van der Waals surface area contributed by atoms with Gasteiger partial charge in [0.05, 0.1) is 36.5 Å². The fourth-order valence-corrected chi connectivity index (χ4v) is 3.34. The molecule has 0 aliphatic carbocycles. The molecular weight excluding hydrogens is 384 g/mol. The van der Waals surface area contributed by atoms with Gasteiger partial charge in [-0.05, 0) is 25.1 Å². The van der Waals surface area contributed by atoms with E-state index in [0.717, 1.165) is 32.9 Å². The van der Waals surface area contributed by atoms with Crippen molar-refractivity contribution < 1.29 is 4.79 Å². The van der Waals surface area contributed by atoms with E-state index in [9.17, 15) is 4.79 Å². The minimum atomic E-state index is -0.0120. The normalized spacial score (nSPS) is 12.1. The second kappa shape index (κ2) is 6.11. The molecule has 25 heavy (non-hydrogen) atoms. The third-order valence-electron chi connectivity index (χ3n) is 4.31. The fourth-order valence-electron chi connectivity index (χ4n) is 2.98. The van der Waals surface area contributed by atoms with Crippen molar-refractivity contribution in [3.05, 3.63) is 46.2 Å². The number of hydrogen-bond donors (Lipinski definition) is 1. The number of carbonyl (C=O) groups excluding carboxylic acids is 1. The van der Waals surface area contributed by atoms with Gasteiger partial charge in [-0.15, -0.1) is 0 Å². The van der Waals surface area contributed by atoms with Gasteiger partial charge in [0.15, 0.2) is 11.6 Å². The molecule has 3 aromatic rings. The van der Waals surface area contributed by atoms with E-state index in [0.29, 0.717) is 25.3 Å². The van der Waals surface area contributed by atoms with Gasteiger partial charge in [0.1, 0.15) is 0 Å². The van der Waals surface area contributed by atoms with E-state index in [1.165, 1.54) is 0 Å². The van der Waals surface area contributed by atoms with Crippen LogP contribution < -0.4 is 5.32 Å². The molecule has 8 heteroatoms. The fraction of sp³-hybridized carbons (Fsp3) is 0.294. The van der Waals surface area contributed by atoms with Crippen LogP contribution in [0.5, 0.6) is 0 Å². The molecule has 0 fully saturated rings. The standard InChI is InChI=1S/C17H17BrN6O/c1-3-16(25)19-7-15-21-17-12-6-11(18)4-5-13(12)23-9-20-10(2)14(23)8-24(17)22-15/h4-6,9H,3,7-8H2,1-2H3,(H,19,25). The first-order valence-electron chi connectivity index (χ1n) is 8.10. The maximum atomic E-state index is 11.5. The SMILES string of the molecule is CCC(=O)NCc1nc2n(n1)Cc1c(C)ncn1-c1ccc(Br)cc1-2. The number of halogens is 1. The number of hydrogen-bond acceptors (Lipinski definition) is 4. The largest absolute Gasteiger partial charge is 0.349 e. The van der Waals surface area contributed by atoms with Gasteiger partial charge in [-0.2, -0.15) is 5.10 Å². The summed E-state index contributed by atoms with van der Waals surface area (Å²) in [6.07, 6.45) is 2.29. The Bertz CT molecular complexity index is 974. The van der Waals surface area contributed by atoms with Crippen LogP contribution in [-0.2, 0) is 17.9 Å². The number of carbonyl (C=O) groups is 1. The molecule has 0 spiro atoms. The lowest BCUT2D eigenvalue weighted by atomic mass is 10.1. The number of aromatic nitrogens is 5. The molecule has 0 saturated heterocycles. The molecule has 4 rings (SSSR count). The van der Waals surface area contributed by atoms with Crippen molar-refractivity contribution in [2.24, 2.45) is 0 Å². The van der Waals surface area contributed by atoms with Crippen LogP contribution >= 0.6 is 15.9 Å². The summed E-state index contributed by atoms with van der Waals surface area (Å²) in [6.45, 7) is 4.73. The number of rotatable bonds is 3. The maximum Gasteiger partial charge on any atom is 0.220 e. The molecule has 0 unspecified atom stereocenters. The highest BCUT2D eigenvalue weighted by Crippen LogP contribution is 2.33. The van der Waals surface area contributed by atoms with Crippen molar-refractivity contribution in [3.8, 4) is 17.1 Å². The molecule has 2 aromatic heterocycles. The Morgan fingerprint density at radius 3 is 3.04 bits per heavy atom. The maximum absolute atomic E-state index is 11.5. The third-order valence-corrected chi connectivity index (χ3v) is 4.81. The van der Waals surface area contributed by atoms with Crippen molar-refractivity contribution in [1.29, 1.82) is 0 Å². The van der Waals surface area contributed by atoms with E-state index >= 15 is 0 Å². The Balaban J connectivity index is 1.83. The number of fused-ring (bicyclic) bond motifs is 5. The first-order valence-corrected chi connectivity index (χ1v) is 8.89. The Morgan fingerprint density at radius 1 is 1.40 bits per heavy atom. The van der Waals surface area contributed by atoms with Crippen LogP contribution in [0, 0.1) is 6.92 Å². The highest BCUT2D eigenvalue weighted by atomic mass is 79.9. The minimum absolute atomic E-state index is 0.0120. The summed E-state index contributed by atoms with van der Waals surface area (Å²) in [6, 6.07) is 6.09. The third kappa shape index (κ3) is 2.76. The van der Waals surface area contributed by atoms with Crippen LogP contribution in [0.3, 0.4) is 0 Å². The molecule has 0 radical (unpaired) electrons. The van der Waals surface area contributed by atoms with Crippen LogP contribution in [0.15, 0.2) is 29.0 Å². The lowest BCUT2D eigenvalue weighted by Crippen LogP contribution is -2.22. The summed E-state index contributed by atoms with van der Waals surface area (Å²) >= 11 is 3.54. The topological polar surface area (TPSA) is 77.6 Å².